The van der Waals surface area contributed by atoms with Crippen molar-refractivity contribution in [2.75, 3.05) is 18.5 Å². The summed E-state index contributed by atoms with van der Waals surface area (Å²) in [6.07, 6.45) is 4.18. The molecular weight excluding hydrogens is 190 g/mol. The first-order valence-electron chi connectivity index (χ1n) is 4.17. The van der Waals surface area contributed by atoms with Crippen LogP contribution in [0.5, 0.6) is 0 Å². The van der Waals surface area contributed by atoms with Crippen LogP contribution < -0.4 is 5.32 Å². The maximum Gasteiger partial charge on any atom is 0.171 e. The molecule has 4 nitrogen and oxygen atoms in total. The molecule has 1 N–H and O–H groups in total. The third-order valence-electron chi connectivity index (χ3n) is 1.92. The van der Waals surface area contributed by atoms with Gasteiger partial charge in [0.15, 0.2) is 11.0 Å². The van der Waals surface area contributed by atoms with E-state index in [4.69, 9.17) is 16.3 Å². The predicted molar refractivity (Wildman–Crippen MR) is 49.9 cm³/mol. The lowest BCUT2D eigenvalue weighted by atomic mass is 10.3. The first-order valence-corrected chi connectivity index (χ1v) is 4.55. The summed E-state index contributed by atoms with van der Waals surface area (Å²) < 4.78 is 5.22. The van der Waals surface area contributed by atoms with Gasteiger partial charge in [-0.15, -0.1) is 0 Å². The number of nitrogens with one attached hydrogen (secondary N) is 1. The topological polar surface area (TPSA) is 47.0 Å². The molecule has 1 fully saturated rings. The molecule has 70 valence electrons. The maximum absolute atomic E-state index is 5.83. The molecule has 1 atom stereocenters. The molecule has 0 radical (unpaired) electrons. The van der Waals surface area contributed by atoms with Crippen molar-refractivity contribution in [3.8, 4) is 0 Å². The minimum atomic E-state index is 0.314. The number of halogens is 1. The first-order chi connectivity index (χ1) is 6.36. The fraction of sp³-hybridized carbons (Fsp3) is 0.500. The molecule has 0 aromatic carbocycles. The van der Waals surface area contributed by atoms with Crippen molar-refractivity contribution in [1.29, 1.82) is 0 Å². The van der Waals surface area contributed by atoms with Gasteiger partial charge in [-0.1, -0.05) is 11.6 Å². The lowest BCUT2D eigenvalue weighted by molar-refractivity contribution is 0.195. The van der Waals surface area contributed by atoms with Crippen LogP contribution in [0, 0.1) is 0 Å². The summed E-state index contributed by atoms with van der Waals surface area (Å²) in [4.78, 5) is 8.00. The van der Waals surface area contributed by atoms with E-state index in [2.05, 4.69) is 15.3 Å². The molecule has 1 aromatic heterocycles. The normalized spacial score (nSPS) is 21.8. The third-order valence-corrected chi connectivity index (χ3v) is 2.20. The molecule has 0 amide bonds. The van der Waals surface area contributed by atoms with Crippen LogP contribution in [0.15, 0.2) is 12.4 Å². The number of nitrogens with zero attached hydrogens (tertiary/aromatic N) is 2. The van der Waals surface area contributed by atoms with Crippen LogP contribution in [-0.4, -0.2) is 29.2 Å². The van der Waals surface area contributed by atoms with Gasteiger partial charge < -0.3 is 10.1 Å². The van der Waals surface area contributed by atoms with Crippen molar-refractivity contribution in [2.24, 2.45) is 0 Å². The zero-order valence-electron chi connectivity index (χ0n) is 7.03. The zero-order valence-corrected chi connectivity index (χ0v) is 7.79. The van der Waals surface area contributed by atoms with Crippen molar-refractivity contribution in [2.45, 2.75) is 12.5 Å². The minimum absolute atomic E-state index is 0.314. The maximum atomic E-state index is 5.83. The van der Waals surface area contributed by atoms with Gasteiger partial charge in [-0.3, -0.25) is 0 Å². The zero-order chi connectivity index (χ0) is 9.10. The van der Waals surface area contributed by atoms with Crippen LogP contribution >= 0.6 is 11.6 Å². The highest BCUT2D eigenvalue weighted by molar-refractivity contribution is 6.31. The molecule has 1 aromatic rings. The van der Waals surface area contributed by atoms with E-state index >= 15 is 0 Å². The van der Waals surface area contributed by atoms with E-state index < -0.39 is 0 Å². The predicted octanol–water partition coefficient (Wildman–Crippen LogP) is 1.33. The Kier molecular flexibility index (Phi) is 2.61. The van der Waals surface area contributed by atoms with Crippen LogP contribution in [0.2, 0.25) is 5.15 Å². The molecule has 2 heterocycles. The second kappa shape index (κ2) is 3.89. The van der Waals surface area contributed by atoms with Gasteiger partial charge in [0.25, 0.3) is 0 Å². The van der Waals surface area contributed by atoms with Gasteiger partial charge in [-0.25, -0.2) is 9.97 Å². The third kappa shape index (κ3) is 2.08. The highest BCUT2D eigenvalue weighted by atomic mass is 35.5. The van der Waals surface area contributed by atoms with Crippen LogP contribution in [-0.2, 0) is 4.74 Å². The smallest absolute Gasteiger partial charge is 0.171 e. The van der Waals surface area contributed by atoms with Crippen molar-refractivity contribution < 1.29 is 4.74 Å². The summed E-state index contributed by atoms with van der Waals surface area (Å²) in [5.74, 6) is 0.639. The molecular formula is C8H10ClN3O. The van der Waals surface area contributed by atoms with Gasteiger partial charge in [0.2, 0.25) is 0 Å². The fourth-order valence-corrected chi connectivity index (χ4v) is 1.42. The van der Waals surface area contributed by atoms with Gasteiger partial charge in [0.1, 0.15) is 0 Å². The summed E-state index contributed by atoms with van der Waals surface area (Å²) in [5, 5.41) is 3.59. The molecule has 13 heavy (non-hydrogen) atoms. The molecule has 5 heteroatoms. The minimum Gasteiger partial charge on any atom is -0.379 e. The first kappa shape index (κ1) is 8.72. The van der Waals surface area contributed by atoms with E-state index in [1.165, 1.54) is 0 Å². The summed E-state index contributed by atoms with van der Waals surface area (Å²) in [6.45, 7) is 1.52. The molecule has 1 saturated heterocycles. The van der Waals surface area contributed by atoms with Gasteiger partial charge in [-0.05, 0) is 6.42 Å². The van der Waals surface area contributed by atoms with E-state index in [0.29, 0.717) is 23.6 Å². The average Bonchev–Trinajstić information content (AvgIpc) is 2.61. The molecule has 0 saturated carbocycles. The SMILES string of the molecule is Clc1nccnc1NC1CCOC1. The lowest BCUT2D eigenvalue weighted by Crippen LogP contribution is -2.20. The van der Waals surface area contributed by atoms with Crippen molar-refractivity contribution in [3.05, 3.63) is 17.5 Å². The van der Waals surface area contributed by atoms with Gasteiger partial charge >= 0.3 is 0 Å². The summed E-state index contributed by atoms with van der Waals surface area (Å²) >= 11 is 5.83. The largest absolute Gasteiger partial charge is 0.379 e. The number of hydrogen-bond acceptors (Lipinski definition) is 4. The van der Waals surface area contributed by atoms with Crippen molar-refractivity contribution >= 4 is 17.4 Å². The number of rotatable bonds is 2. The second-order valence-electron chi connectivity index (χ2n) is 2.90. The van der Waals surface area contributed by atoms with E-state index in [-0.39, 0.29) is 0 Å². The number of aromatic nitrogens is 2. The Morgan fingerprint density at radius 3 is 3.00 bits per heavy atom. The van der Waals surface area contributed by atoms with Crippen LogP contribution in [0.4, 0.5) is 5.82 Å². The number of hydrogen-bond donors (Lipinski definition) is 1. The quantitative estimate of drug-likeness (QED) is 0.781. The van der Waals surface area contributed by atoms with E-state index in [0.717, 1.165) is 13.0 Å². The molecule has 1 aliphatic rings. The second-order valence-corrected chi connectivity index (χ2v) is 3.26. The van der Waals surface area contributed by atoms with Crippen LogP contribution in [0.1, 0.15) is 6.42 Å². The van der Waals surface area contributed by atoms with Gasteiger partial charge in [0, 0.05) is 19.0 Å². The Bertz CT molecular complexity index is 288. The van der Waals surface area contributed by atoms with Crippen molar-refractivity contribution in [3.63, 3.8) is 0 Å². The van der Waals surface area contributed by atoms with E-state index in [1.807, 2.05) is 0 Å². The molecule has 1 aliphatic heterocycles. The van der Waals surface area contributed by atoms with Gasteiger partial charge in [-0.2, -0.15) is 0 Å². The lowest BCUT2D eigenvalue weighted by Gasteiger charge is -2.10. The van der Waals surface area contributed by atoms with Crippen molar-refractivity contribution in [1.82, 2.24) is 9.97 Å². The molecule has 0 spiro atoms. The fourth-order valence-electron chi connectivity index (χ4n) is 1.26. The Hall–Kier alpha value is -0.870. The standard InChI is InChI=1S/C8H10ClN3O/c9-7-8(11-3-2-10-7)12-6-1-4-13-5-6/h2-3,6H,1,4-5H2,(H,11,12). The molecule has 0 aliphatic carbocycles. The van der Waals surface area contributed by atoms with Gasteiger partial charge in [0.05, 0.1) is 12.6 Å². The monoisotopic (exact) mass is 199 g/mol. The highest BCUT2D eigenvalue weighted by Gasteiger charge is 2.16. The Morgan fingerprint density at radius 2 is 2.31 bits per heavy atom. The average molecular weight is 200 g/mol. The molecule has 2 rings (SSSR count). The number of ether oxygens (including phenoxy) is 1. The highest BCUT2D eigenvalue weighted by Crippen LogP contribution is 2.17. The summed E-state index contributed by atoms with van der Waals surface area (Å²) in [7, 11) is 0. The van der Waals surface area contributed by atoms with Crippen LogP contribution in [0.25, 0.3) is 0 Å². The molecule has 0 bridgehead atoms. The van der Waals surface area contributed by atoms with Crippen LogP contribution in [0.3, 0.4) is 0 Å². The Labute approximate surface area is 81.3 Å². The number of anilines is 1. The molecule has 1 unspecified atom stereocenters. The summed E-state index contributed by atoms with van der Waals surface area (Å²) in [6, 6.07) is 0.314. The Balaban J connectivity index is 2.04. The van der Waals surface area contributed by atoms with E-state index in [1.54, 1.807) is 12.4 Å². The summed E-state index contributed by atoms with van der Waals surface area (Å²) in [5.41, 5.74) is 0. The van der Waals surface area contributed by atoms with E-state index in [9.17, 15) is 0 Å². The Morgan fingerprint density at radius 1 is 1.46 bits per heavy atom.